The average molecular weight is 246 g/mol. The molecular formula is C14H22N4. The van der Waals surface area contributed by atoms with Crippen molar-refractivity contribution in [1.82, 2.24) is 14.3 Å². The summed E-state index contributed by atoms with van der Waals surface area (Å²) in [6.45, 7) is 6.53. The van der Waals surface area contributed by atoms with Crippen molar-refractivity contribution in [3.05, 3.63) is 30.6 Å². The first-order chi connectivity index (χ1) is 8.48. The van der Waals surface area contributed by atoms with Crippen LogP contribution in [0.4, 0.5) is 5.82 Å². The van der Waals surface area contributed by atoms with Crippen LogP contribution in [-0.4, -0.2) is 41.5 Å². The van der Waals surface area contributed by atoms with Gasteiger partial charge in [0.1, 0.15) is 11.5 Å². The van der Waals surface area contributed by atoms with Gasteiger partial charge >= 0.3 is 0 Å². The maximum Gasteiger partial charge on any atom is 0.138 e. The molecule has 0 atom stereocenters. The van der Waals surface area contributed by atoms with Crippen LogP contribution in [0.15, 0.2) is 30.6 Å². The highest BCUT2D eigenvalue weighted by Crippen LogP contribution is 2.18. The Morgan fingerprint density at radius 2 is 2.11 bits per heavy atom. The van der Waals surface area contributed by atoms with Gasteiger partial charge in [-0.1, -0.05) is 19.9 Å². The molecule has 4 nitrogen and oxygen atoms in total. The van der Waals surface area contributed by atoms with E-state index in [0.29, 0.717) is 0 Å². The van der Waals surface area contributed by atoms with Crippen molar-refractivity contribution in [3.8, 4) is 0 Å². The standard InChI is InChI=1S/C14H22N4/c1-14(2,11-17(3)4)10-16-13-7-5-6-12-15-8-9-18(12)13/h5-9,16H,10-11H2,1-4H3. The van der Waals surface area contributed by atoms with Crippen molar-refractivity contribution in [1.29, 1.82) is 0 Å². The molecule has 0 aliphatic rings. The Balaban J connectivity index is 2.08. The van der Waals surface area contributed by atoms with E-state index in [1.54, 1.807) is 0 Å². The fraction of sp³-hybridized carbons (Fsp3) is 0.500. The van der Waals surface area contributed by atoms with Gasteiger partial charge in [-0.15, -0.1) is 0 Å². The van der Waals surface area contributed by atoms with E-state index in [9.17, 15) is 0 Å². The van der Waals surface area contributed by atoms with Crippen molar-refractivity contribution in [2.24, 2.45) is 5.41 Å². The molecule has 1 N–H and O–H groups in total. The zero-order chi connectivity index (χ0) is 13.2. The summed E-state index contributed by atoms with van der Waals surface area (Å²) < 4.78 is 2.08. The largest absolute Gasteiger partial charge is 0.371 e. The fourth-order valence-corrected chi connectivity index (χ4v) is 2.33. The normalized spacial score (nSPS) is 12.3. The molecule has 0 aliphatic carbocycles. The lowest BCUT2D eigenvalue weighted by Gasteiger charge is -2.29. The molecule has 18 heavy (non-hydrogen) atoms. The van der Waals surface area contributed by atoms with Gasteiger partial charge in [-0.05, 0) is 31.6 Å². The summed E-state index contributed by atoms with van der Waals surface area (Å²) in [7, 11) is 4.22. The Bertz CT molecular complexity index is 513. The highest BCUT2D eigenvalue weighted by Gasteiger charge is 2.18. The lowest BCUT2D eigenvalue weighted by molar-refractivity contribution is 0.254. The molecule has 98 valence electrons. The minimum Gasteiger partial charge on any atom is -0.371 e. The zero-order valence-electron chi connectivity index (χ0n) is 11.6. The Morgan fingerprint density at radius 1 is 1.33 bits per heavy atom. The van der Waals surface area contributed by atoms with Gasteiger partial charge in [0.05, 0.1) is 0 Å². The molecule has 0 amide bonds. The van der Waals surface area contributed by atoms with E-state index >= 15 is 0 Å². The van der Waals surface area contributed by atoms with Gasteiger partial charge in [-0.3, -0.25) is 4.40 Å². The molecule has 4 heteroatoms. The zero-order valence-corrected chi connectivity index (χ0v) is 11.6. The number of rotatable bonds is 5. The van der Waals surface area contributed by atoms with E-state index in [0.717, 1.165) is 24.6 Å². The Morgan fingerprint density at radius 3 is 2.83 bits per heavy atom. The second-order valence-electron chi connectivity index (χ2n) is 5.82. The van der Waals surface area contributed by atoms with Crippen LogP contribution in [0.3, 0.4) is 0 Å². The number of pyridine rings is 1. The lowest BCUT2D eigenvalue weighted by Crippen LogP contribution is -2.34. The third-order valence-electron chi connectivity index (χ3n) is 2.92. The Labute approximate surface area is 109 Å². The number of imidazole rings is 1. The van der Waals surface area contributed by atoms with E-state index < -0.39 is 0 Å². The minimum absolute atomic E-state index is 0.228. The average Bonchev–Trinajstić information content (AvgIpc) is 2.72. The smallest absolute Gasteiger partial charge is 0.138 e. The SMILES string of the molecule is CN(C)CC(C)(C)CNc1cccc2nccn12. The molecule has 0 unspecified atom stereocenters. The summed E-state index contributed by atoms with van der Waals surface area (Å²) in [5.74, 6) is 1.09. The third-order valence-corrected chi connectivity index (χ3v) is 2.92. The van der Waals surface area contributed by atoms with Gasteiger partial charge in [0.25, 0.3) is 0 Å². The van der Waals surface area contributed by atoms with Crippen LogP contribution in [-0.2, 0) is 0 Å². The molecular weight excluding hydrogens is 224 g/mol. The van der Waals surface area contributed by atoms with E-state index in [-0.39, 0.29) is 5.41 Å². The van der Waals surface area contributed by atoms with Crippen molar-refractivity contribution < 1.29 is 0 Å². The van der Waals surface area contributed by atoms with E-state index in [2.05, 4.69) is 53.6 Å². The first-order valence-electron chi connectivity index (χ1n) is 6.29. The van der Waals surface area contributed by atoms with Crippen LogP contribution in [0.2, 0.25) is 0 Å². The number of nitrogens with zero attached hydrogens (tertiary/aromatic N) is 3. The number of aromatic nitrogens is 2. The quantitative estimate of drug-likeness (QED) is 0.879. The van der Waals surface area contributed by atoms with Gasteiger partial charge in [0.15, 0.2) is 0 Å². The highest BCUT2D eigenvalue weighted by atomic mass is 15.1. The van der Waals surface area contributed by atoms with Crippen LogP contribution in [0.5, 0.6) is 0 Å². The maximum atomic E-state index is 4.29. The topological polar surface area (TPSA) is 32.6 Å². The van der Waals surface area contributed by atoms with Gasteiger partial charge in [-0.2, -0.15) is 0 Å². The van der Waals surface area contributed by atoms with E-state index in [4.69, 9.17) is 0 Å². The highest BCUT2D eigenvalue weighted by molar-refractivity contribution is 5.49. The predicted molar refractivity (Wildman–Crippen MR) is 76.0 cm³/mol. The number of hydrogen-bond donors (Lipinski definition) is 1. The summed E-state index contributed by atoms with van der Waals surface area (Å²) in [6, 6.07) is 6.13. The molecule has 0 aromatic carbocycles. The molecule has 2 aromatic rings. The summed E-state index contributed by atoms with van der Waals surface area (Å²) >= 11 is 0. The molecule has 0 bridgehead atoms. The molecule has 0 radical (unpaired) electrons. The third kappa shape index (κ3) is 3.01. The van der Waals surface area contributed by atoms with Crippen LogP contribution >= 0.6 is 0 Å². The number of fused-ring (bicyclic) bond motifs is 1. The summed E-state index contributed by atoms with van der Waals surface area (Å²) in [5.41, 5.74) is 1.21. The molecule has 0 aliphatic heterocycles. The van der Waals surface area contributed by atoms with Crippen molar-refractivity contribution in [2.45, 2.75) is 13.8 Å². The summed E-state index contributed by atoms with van der Waals surface area (Å²) in [6.07, 6.45) is 3.81. The van der Waals surface area contributed by atoms with Crippen LogP contribution in [0.25, 0.3) is 5.65 Å². The monoisotopic (exact) mass is 246 g/mol. The second-order valence-corrected chi connectivity index (χ2v) is 5.82. The number of nitrogens with one attached hydrogen (secondary N) is 1. The molecule has 2 heterocycles. The molecule has 0 saturated carbocycles. The molecule has 2 aromatic heterocycles. The molecule has 2 rings (SSSR count). The maximum absolute atomic E-state index is 4.29. The summed E-state index contributed by atoms with van der Waals surface area (Å²) in [4.78, 5) is 6.51. The Hall–Kier alpha value is -1.55. The number of hydrogen-bond acceptors (Lipinski definition) is 3. The first-order valence-corrected chi connectivity index (χ1v) is 6.29. The second kappa shape index (κ2) is 4.98. The lowest BCUT2D eigenvalue weighted by atomic mass is 9.93. The molecule has 0 spiro atoms. The number of anilines is 1. The van der Waals surface area contributed by atoms with Gasteiger partial charge in [0, 0.05) is 25.5 Å². The summed E-state index contributed by atoms with van der Waals surface area (Å²) in [5, 5.41) is 3.52. The van der Waals surface area contributed by atoms with E-state index in [1.807, 2.05) is 24.5 Å². The van der Waals surface area contributed by atoms with Crippen LogP contribution < -0.4 is 5.32 Å². The first kappa shape index (κ1) is 12.9. The fourth-order valence-electron chi connectivity index (χ4n) is 2.33. The van der Waals surface area contributed by atoms with Crippen LogP contribution in [0.1, 0.15) is 13.8 Å². The van der Waals surface area contributed by atoms with Crippen molar-refractivity contribution in [2.75, 3.05) is 32.5 Å². The van der Waals surface area contributed by atoms with Crippen molar-refractivity contribution >= 4 is 11.5 Å². The Kier molecular flexibility index (Phi) is 3.57. The molecule has 0 fully saturated rings. The van der Waals surface area contributed by atoms with E-state index in [1.165, 1.54) is 0 Å². The van der Waals surface area contributed by atoms with Gasteiger partial charge in [0.2, 0.25) is 0 Å². The van der Waals surface area contributed by atoms with Gasteiger partial charge in [-0.25, -0.2) is 4.98 Å². The minimum atomic E-state index is 0.228. The predicted octanol–water partition coefficient (Wildman–Crippen LogP) is 2.33. The molecule has 0 saturated heterocycles. The van der Waals surface area contributed by atoms with Crippen LogP contribution in [0, 0.1) is 5.41 Å². The van der Waals surface area contributed by atoms with Crippen molar-refractivity contribution in [3.63, 3.8) is 0 Å². The van der Waals surface area contributed by atoms with Gasteiger partial charge < -0.3 is 10.2 Å².